The predicted molar refractivity (Wildman–Crippen MR) is 85.8 cm³/mol. The van der Waals surface area contributed by atoms with Crippen LogP contribution < -0.4 is 10.5 Å². The van der Waals surface area contributed by atoms with Crippen LogP contribution in [0.2, 0.25) is 5.02 Å². The molecule has 0 aliphatic carbocycles. The van der Waals surface area contributed by atoms with Gasteiger partial charge < -0.3 is 25.6 Å². The standard InChI is InChI=1S/C14H19ClN2O3.CH2O2/c15-10-3-4-13(20-7-5-16)12(8-10)14(19)17-6-1-2-11(17)9-18;2-1-3/h3-4,8,11,18H,1-2,5-7,9,16H2;1H,(H,2,3)/t11-;/m0./s1. The van der Waals surface area contributed by atoms with E-state index >= 15 is 0 Å². The molecule has 0 saturated carbocycles. The number of carbonyl (C=O) groups is 2. The summed E-state index contributed by atoms with van der Waals surface area (Å²) in [4.78, 5) is 22.6. The summed E-state index contributed by atoms with van der Waals surface area (Å²) in [5, 5.41) is 16.7. The van der Waals surface area contributed by atoms with E-state index in [1.165, 1.54) is 0 Å². The van der Waals surface area contributed by atoms with Crippen LogP contribution in [0, 0.1) is 0 Å². The first-order valence-electron chi connectivity index (χ1n) is 7.21. The molecule has 1 saturated heterocycles. The van der Waals surface area contributed by atoms with Gasteiger partial charge in [0.25, 0.3) is 12.4 Å². The maximum absolute atomic E-state index is 12.6. The second-order valence-corrected chi connectivity index (χ2v) is 5.30. The molecule has 0 bridgehead atoms. The second-order valence-electron chi connectivity index (χ2n) is 4.86. The van der Waals surface area contributed by atoms with Crippen molar-refractivity contribution in [2.75, 3.05) is 26.3 Å². The molecule has 1 amide bonds. The van der Waals surface area contributed by atoms with E-state index in [0.717, 1.165) is 12.8 Å². The first-order chi connectivity index (χ1) is 11.1. The fraction of sp³-hybridized carbons (Fsp3) is 0.467. The highest BCUT2D eigenvalue weighted by Crippen LogP contribution is 2.27. The maximum Gasteiger partial charge on any atom is 0.290 e. The molecule has 23 heavy (non-hydrogen) atoms. The van der Waals surface area contributed by atoms with E-state index in [9.17, 15) is 9.90 Å². The number of nitrogens with zero attached hydrogens (tertiary/aromatic N) is 1. The SMILES string of the molecule is NCCOc1ccc(Cl)cc1C(=O)N1CCC[C@H]1CO.O=CO. The second kappa shape index (κ2) is 10.0. The van der Waals surface area contributed by atoms with E-state index in [4.69, 9.17) is 32.0 Å². The minimum absolute atomic E-state index is 0.0225. The van der Waals surface area contributed by atoms with Crippen molar-refractivity contribution in [3.63, 3.8) is 0 Å². The van der Waals surface area contributed by atoms with Crippen molar-refractivity contribution in [2.45, 2.75) is 18.9 Å². The van der Waals surface area contributed by atoms with E-state index in [-0.39, 0.29) is 25.0 Å². The van der Waals surface area contributed by atoms with Crippen molar-refractivity contribution in [2.24, 2.45) is 5.73 Å². The maximum atomic E-state index is 12.6. The molecular weight excluding hydrogens is 324 g/mol. The fourth-order valence-electron chi connectivity index (χ4n) is 2.41. The van der Waals surface area contributed by atoms with Crippen LogP contribution in [0.5, 0.6) is 5.75 Å². The number of benzene rings is 1. The predicted octanol–water partition coefficient (Wildman–Crippen LogP) is 0.975. The number of halogens is 1. The minimum atomic E-state index is -0.250. The van der Waals surface area contributed by atoms with Gasteiger partial charge >= 0.3 is 0 Å². The largest absolute Gasteiger partial charge is 0.491 e. The number of likely N-dealkylation sites (tertiary alicyclic amines) is 1. The smallest absolute Gasteiger partial charge is 0.290 e. The van der Waals surface area contributed by atoms with E-state index in [0.29, 0.717) is 36.0 Å². The zero-order valence-electron chi connectivity index (χ0n) is 12.7. The monoisotopic (exact) mass is 344 g/mol. The first kappa shape index (κ1) is 19.2. The number of nitrogens with two attached hydrogens (primary N) is 1. The lowest BCUT2D eigenvalue weighted by atomic mass is 10.1. The minimum Gasteiger partial charge on any atom is -0.491 e. The van der Waals surface area contributed by atoms with Crippen LogP contribution in [0.1, 0.15) is 23.2 Å². The number of ether oxygens (including phenoxy) is 1. The van der Waals surface area contributed by atoms with Crippen molar-refractivity contribution in [1.29, 1.82) is 0 Å². The number of hydrogen-bond donors (Lipinski definition) is 3. The fourth-order valence-corrected chi connectivity index (χ4v) is 2.58. The highest BCUT2D eigenvalue weighted by molar-refractivity contribution is 6.31. The molecule has 8 heteroatoms. The summed E-state index contributed by atoms with van der Waals surface area (Å²) in [6.45, 7) is 1.09. The first-order valence-corrected chi connectivity index (χ1v) is 7.58. The van der Waals surface area contributed by atoms with Crippen LogP contribution in [-0.4, -0.2) is 59.8 Å². The third kappa shape index (κ3) is 5.38. The third-order valence-electron chi connectivity index (χ3n) is 3.40. The van der Waals surface area contributed by atoms with Crippen molar-refractivity contribution in [3.05, 3.63) is 28.8 Å². The summed E-state index contributed by atoms with van der Waals surface area (Å²) in [7, 11) is 0. The van der Waals surface area contributed by atoms with Gasteiger partial charge in [0.2, 0.25) is 0 Å². The summed E-state index contributed by atoms with van der Waals surface area (Å²) < 4.78 is 5.50. The number of hydrogen-bond acceptors (Lipinski definition) is 5. The van der Waals surface area contributed by atoms with Crippen LogP contribution >= 0.6 is 11.6 Å². The molecule has 1 heterocycles. The zero-order valence-corrected chi connectivity index (χ0v) is 13.4. The van der Waals surface area contributed by atoms with Gasteiger partial charge in [-0.15, -0.1) is 0 Å². The lowest BCUT2D eigenvalue weighted by molar-refractivity contribution is -0.122. The van der Waals surface area contributed by atoms with Crippen LogP contribution in [0.15, 0.2) is 18.2 Å². The Balaban J connectivity index is 0.000000816. The molecule has 1 aliphatic rings. The summed E-state index contributed by atoms with van der Waals surface area (Å²) in [6, 6.07) is 4.83. The van der Waals surface area contributed by atoms with Crippen molar-refractivity contribution in [1.82, 2.24) is 4.90 Å². The van der Waals surface area contributed by atoms with Gasteiger partial charge in [0.1, 0.15) is 12.4 Å². The number of rotatable bonds is 5. The zero-order chi connectivity index (χ0) is 17.2. The van der Waals surface area contributed by atoms with Gasteiger partial charge in [0, 0.05) is 18.1 Å². The van der Waals surface area contributed by atoms with E-state index in [2.05, 4.69) is 0 Å². The van der Waals surface area contributed by atoms with Crippen molar-refractivity contribution >= 4 is 24.0 Å². The molecule has 1 atom stereocenters. The lowest BCUT2D eigenvalue weighted by Gasteiger charge is -2.24. The van der Waals surface area contributed by atoms with Gasteiger partial charge in [-0.3, -0.25) is 9.59 Å². The summed E-state index contributed by atoms with van der Waals surface area (Å²) in [5.41, 5.74) is 5.84. The molecule has 7 nitrogen and oxygen atoms in total. The highest BCUT2D eigenvalue weighted by Gasteiger charge is 2.30. The Morgan fingerprint density at radius 2 is 2.22 bits per heavy atom. The summed E-state index contributed by atoms with van der Waals surface area (Å²) in [6.07, 6.45) is 1.72. The number of carbonyl (C=O) groups excluding carboxylic acids is 1. The lowest BCUT2D eigenvalue weighted by Crippen LogP contribution is -2.37. The molecule has 128 valence electrons. The Bertz CT molecular complexity index is 527. The molecular formula is C15H21ClN2O5. The molecule has 0 radical (unpaired) electrons. The summed E-state index contributed by atoms with van der Waals surface area (Å²) in [5.74, 6) is 0.324. The topological polar surface area (TPSA) is 113 Å². The van der Waals surface area contributed by atoms with Gasteiger partial charge in [-0.1, -0.05) is 11.6 Å². The molecule has 0 unspecified atom stereocenters. The van der Waals surface area contributed by atoms with Gasteiger partial charge in [-0.2, -0.15) is 0 Å². The Labute approximate surface area is 139 Å². The van der Waals surface area contributed by atoms with E-state index in [1.54, 1.807) is 23.1 Å². The van der Waals surface area contributed by atoms with Crippen LogP contribution in [0.4, 0.5) is 0 Å². The molecule has 0 aromatic heterocycles. The van der Waals surface area contributed by atoms with Gasteiger partial charge in [0.15, 0.2) is 0 Å². The van der Waals surface area contributed by atoms with E-state index < -0.39 is 0 Å². The normalized spacial score (nSPS) is 16.5. The third-order valence-corrected chi connectivity index (χ3v) is 3.63. The van der Waals surface area contributed by atoms with Crippen LogP contribution in [0.25, 0.3) is 0 Å². The van der Waals surface area contributed by atoms with Crippen molar-refractivity contribution < 1.29 is 24.5 Å². The average Bonchev–Trinajstić information content (AvgIpc) is 3.02. The number of carboxylic acid groups (broad SMARTS) is 1. The summed E-state index contributed by atoms with van der Waals surface area (Å²) >= 11 is 5.97. The van der Waals surface area contributed by atoms with E-state index in [1.807, 2.05) is 0 Å². The Hall–Kier alpha value is -1.83. The molecule has 4 N–H and O–H groups in total. The Morgan fingerprint density at radius 1 is 1.52 bits per heavy atom. The molecule has 2 rings (SSSR count). The Morgan fingerprint density at radius 3 is 2.83 bits per heavy atom. The highest BCUT2D eigenvalue weighted by atomic mass is 35.5. The van der Waals surface area contributed by atoms with Crippen LogP contribution in [-0.2, 0) is 4.79 Å². The quantitative estimate of drug-likeness (QED) is 0.686. The molecule has 1 aliphatic heterocycles. The molecule has 1 fully saturated rings. The molecule has 1 aromatic carbocycles. The van der Waals surface area contributed by atoms with Gasteiger partial charge in [-0.25, -0.2) is 0 Å². The van der Waals surface area contributed by atoms with Gasteiger partial charge in [0.05, 0.1) is 18.2 Å². The van der Waals surface area contributed by atoms with Gasteiger partial charge in [-0.05, 0) is 31.0 Å². The number of amides is 1. The number of aliphatic hydroxyl groups excluding tert-OH is 1. The molecule has 1 aromatic rings. The Kier molecular flexibility index (Phi) is 8.39. The average molecular weight is 345 g/mol. The molecule has 0 spiro atoms. The van der Waals surface area contributed by atoms with Crippen molar-refractivity contribution in [3.8, 4) is 5.75 Å². The van der Waals surface area contributed by atoms with Crippen LogP contribution in [0.3, 0.4) is 0 Å². The number of aliphatic hydroxyl groups is 1.